The largest absolute Gasteiger partial charge is 0.453 e. The lowest BCUT2D eigenvalue weighted by Gasteiger charge is -2.37. The first-order valence-electron chi connectivity index (χ1n) is 9.96. The molecule has 1 fully saturated rings. The lowest BCUT2D eigenvalue weighted by atomic mass is 9.93. The number of carbonyl (C=O) groups is 1. The maximum atomic E-state index is 11.3. The third-order valence-corrected chi connectivity index (χ3v) is 10.6. The summed E-state index contributed by atoms with van der Waals surface area (Å²) in [5, 5.41) is 2.97. The normalized spacial score (nSPS) is 16.3. The predicted octanol–water partition coefficient (Wildman–Crippen LogP) is 5.49. The molecule has 0 atom stereocenters. The molecule has 1 aliphatic rings. The summed E-state index contributed by atoms with van der Waals surface area (Å²) in [5.41, 5.74) is 1.96. The number of benzene rings is 1. The Kier molecular flexibility index (Phi) is 7.34. The molecule has 5 nitrogen and oxygen atoms in total. The van der Waals surface area contributed by atoms with Gasteiger partial charge in [0.2, 0.25) is 0 Å². The van der Waals surface area contributed by atoms with E-state index in [9.17, 15) is 4.79 Å². The molecule has 6 heteroatoms. The molecule has 1 aromatic rings. The summed E-state index contributed by atoms with van der Waals surface area (Å²) in [6, 6.07) is 7.97. The number of amides is 1. The summed E-state index contributed by atoms with van der Waals surface area (Å²) < 4.78 is 11.0. The van der Waals surface area contributed by atoms with E-state index in [1.54, 1.807) is 0 Å². The van der Waals surface area contributed by atoms with Gasteiger partial charge in [-0.15, -0.1) is 0 Å². The van der Waals surface area contributed by atoms with Crippen LogP contribution in [0.15, 0.2) is 24.3 Å². The standard InChI is InChI=1S/C21H36N2O3Si/c1-21(2,3)27(5,6)26-16-13-17-11-14-23(15-12-17)19-9-7-18(8-10-19)22-20(24)25-4/h7-10,17H,11-16H2,1-6H3,(H,22,24). The molecule has 1 heterocycles. The van der Waals surface area contributed by atoms with Crippen molar-refractivity contribution >= 4 is 25.8 Å². The SMILES string of the molecule is COC(=O)Nc1ccc(N2CCC(CCO[Si](C)(C)C(C)(C)C)CC2)cc1. The number of hydrogen-bond donors (Lipinski definition) is 1. The number of piperidine rings is 1. The summed E-state index contributed by atoms with van der Waals surface area (Å²) in [6.07, 6.45) is 3.15. The minimum absolute atomic E-state index is 0.283. The van der Waals surface area contributed by atoms with Crippen LogP contribution in [0.2, 0.25) is 18.1 Å². The van der Waals surface area contributed by atoms with Gasteiger partial charge in [0.15, 0.2) is 8.32 Å². The quantitative estimate of drug-likeness (QED) is 0.650. The van der Waals surface area contributed by atoms with E-state index in [0.29, 0.717) is 0 Å². The lowest BCUT2D eigenvalue weighted by molar-refractivity contribution is 0.187. The van der Waals surface area contributed by atoms with Gasteiger partial charge in [-0.25, -0.2) is 4.79 Å². The zero-order valence-electron chi connectivity index (χ0n) is 17.8. The van der Waals surface area contributed by atoms with Crippen LogP contribution in [0.4, 0.5) is 16.2 Å². The molecule has 0 saturated carbocycles. The Morgan fingerprint density at radius 1 is 1.19 bits per heavy atom. The Morgan fingerprint density at radius 2 is 1.78 bits per heavy atom. The molecule has 1 N–H and O–H groups in total. The first-order valence-corrected chi connectivity index (χ1v) is 12.9. The highest BCUT2D eigenvalue weighted by Crippen LogP contribution is 2.37. The Hall–Kier alpha value is -1.53. The van der Waals surface area contributed by atoms with E-state index in [2.05, 4.69) is 61.0 Å². The molecule has 152 valence electrons. The summed E-state index contributed by atoms with van der Waals surface area (Å²) in [6.45, 7) is 14.6. The fraction of sp³-hybridized carbons (Fsp3) is 0.667. The van der Waals surface area contributed by atoms with Crippen molar-refractivity contribution in [1.82, 2.24) is 0 Å². The number of hydrogen-bond acceptors (Lipinski definition) is 4. The van der Waals surface area contributed by atoms with Gasteiger partial charge in [-0.05, 0) is 67.6 Å². The average Bonchev–Trinajstić information content (AvgIpc) is 2.62. The monoisotopic (exact) mass is 392 g/mol. The van der Waals surface area contributed by atoms with Gasteiger partial charge >= 0.3 is 6.09 Å². The molecular weight excluding hydrogens is 356 g/mol. The van der Waals surface area contributed by atoms with E-state index in [-0.39, 0.29) is 5.04 Å². The van der Waals surface area contributed by atoms with Gasteiger partial charge in [-0.2, -0.15) is 0 Å². The molecule has 2 rings (SSSR count). The van der Waals surface area contributed by atoms with Crippen LogP contribution in [0.25, 0.3) is 0 Å². The molecule has 0 aromatic heterocycles. The molecule has 1 aromatic carbocycles. The van der Waals surface area contributed by atoms with E-state index < -0.39 is 14.4 Å². The Morgan fingerprint density at radius 3 is 2.30 bits per heavy atom. The molecular formula is C21H36N2O3Si. The zero-order valence-corrected chi connectivity index (χ0v) is 18.8. The maximum Gasteiger partial charge on any atom is 0.411 e. The second-order valence-electron chi connectivity index (χ2n) is 8.99. The van der Waals surface area contributed by atoms with Gasteiger partial charge in [-0.3, -0.25) is 5.32 Å². The second kappa shape index (κ2) is 9.11. The van der Waals surface area contributed by atoms with Gasteiger partial charge in [0.25, 0.3) is 0 Å². The number of nitrogens with zero attached hydrogens (tertiary/aromatic N) is 1. The first-order chi connectivity index (χ1) is 12.6. The topological polar surface area (TPSA) is 50.8 Å². The molecule has 0 aliphatic carbocycles. The third-order valence-electron chi connectivity index (χ3n) is 6.07. The maximum absolute atomic E-state index is 11.3. The third kappa shape index (κ3) is 6.25. The molecule has 1 saturated heterocycles. The van der Waals surface area contributed by atoms with Crippen molar-refractivity contribution in [3.63, 3.8) is 0 Å². The molecule has 0 radical (unpaired) electrons. The van der Waals surface area contributed by atoms with Crippen molar-refractivity contribution in [3.8, 4) is 0 Å². The highest BCUT2D eigenvalue weighted by molar-refractivity contribution is 6.74. The van der Waals surface area contributed by atoms with Gasteiger partial charge in [0.1, 0.15) is 0 Å². The van der Waals surface area contributed by atoms with Crippen molar-refractivity contribution in [2.75, 3.05) is 37.0 Å². The number of methoxy groups -OCH3 is 1. The molecule has 0 unspecified atom stereocenters. The van der Waals surface area contributed by atoms with E-state index in [1.165, 1.54) is 32.1 Å². The smallest absolute Gasteiger partial charge is 0.411 e. The molecule has 27 heavy (non-hydrogen) atoms. The van der Waals surface area contributed by atoms with Crippen molar-refractivity contribution in [2.24, 2.45) is 5.92 Å². The van der Waals surface area contributed by atoms with Crippen LogP contribution in [0, 0.1) is 5.92 Å². The van der Waals surface area contributed by atoms with Crippen LogP contribution in [-0.4, -0.2) is 41.2 Å². The Balaban J connectivity index is 1.76. The predicted molar refractivity (Wildman–Crippen MR) is 115 cm³/mol. The van der Waals surface area contributed by atoms with E-state index in [1.807, 2.05) is 12.1 Å². The fourth-order valence-electron chi connectivity index (χ4n) is 3.10. The van der Waals surface area contributed by atoms with Crippen molar-refractivity contribution in [1.29, 1.82) is 0 Å². The number of anilines is 2. The van der Waals surface area contributed by atoms with E-state index in [0.717, 1.165) is 31.3 Å². The average molecular weight is 393 g/mol. The van der Waals surface area contributed by atoms with Crippen LogP contribution in [0.5, 0.6) is 0 Å². The van der Waals surface area contributed by atoms with Crippen LogP contribution >= 0.6 is 0 Å². The van der Waals surface area contributed by atoms with Crippen molar-refractivity contribution in [3.05, 3.63) is 24.3 Å². The van der Waals surface area contributed by atoms with Crippen LogP contribution in [0.3, 0.4) is 0 Å². The highest BCUT2D eigenvalue weighted by Gasteiger charge is 2.37. The summed E-state index contributed by atoms with van der Waals surface area (Å²) in [4.78, 5) is 13.7. The molecule has 0 bridgehead atoms. The molecule has 1 aliphatic heterocycles. The first kappa shape index (κ1) is 21.8. The van der Waals surface area contributed by atoms with E-state index >= 15 is 0 Å². The zero-order chi connectivity index (χ0) is 20.1. The van der Waals surface area contributed by atoms with Crippen LogP contribution in [0.1, 0.15) is 40.0 Å². The van der Waals surface area contributed by atoms with Crippen LogP contribution < -0.4 is 10.2 Å². The van der Waals surface area contributed by atoms with Crippen LogP contribution in [-0.2, 0) is 9.16 Å². The van der Waals surface area contributed by atoms with E-state index in [4.69, 9.17) is 4.43 Å². The molecule has 1 amide bonds. The minimum Gasteiger partial charge on any atom is -0.453 e. The van der Waals surface area contributed by atoms with Gasteiger partial charge < -0.3 is 14.1 Å². The second-order valence-corrected chi connectivity index (χ2v) is 13.8. The van der Waals surface area contributed by atoms with Gasteiger partial charge in [0.05, 0.1) is 7.11 Å². The number of ether oxygens (including phenoxy) is 1. The minimum atomic E-state index is -1.62. The number of rotatable bonds is 6. The Labute approximate surface area is 165 Å². The molecule has 0 spiro atoms. The summed E-state index contributed by atoms with van der Waals surface area (Å²) in [7, 11) is -0.259. The fourth-order valence-corrected chi connectivity index (χ4v) is 4.16. The van der Waals surface area contributed by atoms with Crippen molar-refractivity contribution < 1.29 is 14.0 Å². The number of carbonyl (C=O) groups excluding carboxylic acids is 1. The van der Waals surface area contributed by atoms with Gasteiger partial charge in [-0.1, -0.05) is 20.8 Å². The number of nitrogens with one attached hydrogen (secondary N) is 1. The van der Waals surface area contributed by atoms with Gasteiger partial charge in [0, 0.05) is 31.1 Å². The Bertz CT molecular complexity index is 603. The summed E-state index contributed by atoms with van der Waals surface area (Å²) >= 11 is 0. The summed E-state index contributed by atoms with van der Waals surface area (Å²) in [5.74, 6) is 0.756. The lowest BCUT2D eigenvalue weighted by Crippen LogP contribution is -2.41. The van der Waals surface area contributed by atoms with Crippen molar-refractivity contribution in [2.45, 2.75) is 58.2 Å². The highest BCUT2D eigenvalue weighted by atomic mass is 28.4.